The molecule has 0 aliphatic carbocycles. The summed E-state index contributed by atoms with van der Waals surface area (Å²) in [6.07, 6.45) is -4.36. The molecule has 0 saturated heterocycles. The summed E-state index contributed by atoms with van der Waals surface area (Å²) in [4.78, 5) is 16.3. The van der Waals surface area contributed by atoms with E-state index in [1.54, 1.807) is 0 Å². The van der Waals surface area contributed by atoms with Crippen LogP contribution in [0.1, 0.15) is 0 Å². The van der Waals surface area contributed by atoms with Crippen LogP contribution in [0.2, 0.25) is 0 Å². The number of benzene rings is 1. The van der Waals surface area contributed by atoms with Crippen LogP contribution in [-0.2, 0) is 0 Å². The lowest BCUT2D eigenvalue weighted by Crippen LogP contribution is -2.21. The summed E-state index contributed by atoms with van der Waals surface area (Å²) in [5.74, 6) is -0.0807. The molecule has 0 atom stereocenters. The van der Waals surface area contributed by atoms with Gasteiger partial charge in [-0.05, 0) is 6.07 Å². The number of halogens is 3. The van der Waals surface area contributed by atoms with Crippen molar-refractivity contribution in [3.8, 4) is 0 Å². The zero-order valence-corrected chi connectivity index (χ0v) is 8.78. The second-order valence-electron chi connectivity index (χ2n) is 3.51. The van der Waals surface area contributed by atoms with E-state index in [4.69, 9.17) is 0 Å². The minimum atomic E-state index is -4.36. The average molecular weight is 260 g/mol. The van der Waals surface area contributed by atoms with Gasteiger partial charge in [0.25, 0.3) is 5.69 Å². The van der Waals surface area contributed by atoms with E-state index < -0.39 is 17.6 Å². The number of aromatic nitrogens is 2. The van der Waals surface area contributed by atoms with Crippen LogP contribution in [0.3, 0.4) is 0 Å². The Balaban J connectivity index is 2.24. The molecule has 1 heterocycles. The molecule has 6 nitrogen and oxygen atoms in total. The van der Waals surface area contributed by atoms with E-state index in [-0.39, 0.29) is 11.6 Å². The maximum absolute atomic E-state index is 12.0. The molecule has 96 valence electrons. The summed E-state index contributed by atoms with van der Waals surface area (Å²) in [5, 5.41) is 12.6. The minimum Gasteiger partial charge on any atom is -0.347 e. The van der Waals surface area contributed by atoms with Gasteiger partial charge in [0.1, 0.15) is 6.54 Å². The summed E-state index contributed by atoms with van der Waals surface area (Å²) < 4.78 is 35.9. The van der Waals surface area contributed by atoms with Crippen LogP contribution in [0, 0.1) is 10.1 Å². The maximum atomic E-state index is 12.0. The predicted molar refractivity (Wildman–Crippen MR) is 57.3 cm³/mol. The van der Waals surface area contributed by atoms with Gasteiger partial charge in [-0.25, -0.2) is 4.98 Å². The van der Waals surface area contributed by atoms with E-state index in [1.165, 1.54) is 18.2 Å². The lowest BCUT2D eigenvalue weighted by atomic mass is 10.3. The lowest BCUT2D eigenvalue weighted by Gasteiger charge is -2.05. The average Bonchev–Trinajstić information content (AvgIpc) is 2.66. The van der Waals surface area contributed by atoms with Crippen LogP contribution < -0.4 is 5.32 Å². The van der Waals surface area contributed by atoms with Crippen molar-refractivity contribution in [2.75, 3.05) is 11.9 Å². The van der Waals surface area contributed by atoms with Gasteiger partial charge in [0.15, 0.2) is 0 Å². The van der Waals surface area contributed by atoms with E-state index in [2.05, 4.69) is 15.3 Å². The summed E-state index contributed by atoms with van der Waals surface area (Å²) in [5.41, 5.74) is 0.493. The largest absolute Gasteiger partial charge is 0.405 e. The van der Waals surface area contributed by atoms with Gasteiger partial charge in [0, 0.05) is 12.1 Å². The zero-order chi connectivity index (χ0) is 13.3. The van der Waals surface area contributed by atoms with Gasteiger partial charge in [0.05, 0.1) is 16.0 Å². The van der Waals surface area contributed by atoms with Gasteiger partial charge in [0.2, 0.25) is 5.95 Å². The number of hydrogen-bond acceptors (Lipinski definition) is 4. The van der Waals surface area contributed by atoms with Crippen molar-refractivity contribution >= 4 is 22.7 Å². The standard InChI is InChI=1S/C9H7F3N4O2/c10-9(11,12)4-13-8-14-6-2-1-5(16(17)18)3-7(6)15-8/h1-3H,4H2,(H2,13,14,15). The van der Waals surface area contributed by atoms with Gasteiger partial charge < -0.3 is 10.3 Å². The second-order valence-corrected chi connectivity index (χ2v) is 3.51. The van der Waals surface area contributed by atoms with E-state index in [9.17, 15) is 23.3 Å². The number of nitro benzene ring substituents is 1. The molecule has 9 heteroatoms. The van der Waals surface area contributed by atoms with E-state index in [1.807, 2.05) is 0 Å². The monoisotopic (exact) mass is 260 g/mol. The Morgan fingerprint density at radius 3 is 2.78 bits per heavy atom. The van der Waals surface area contributed by atoms with Crippen LogP contribution in [-0.4, -0.2) is 27.6 Å². The number of aromatic amines is 1. The number of non-ortho nitro benzene ring substituents is 1. The highest BCUT2D eigenvalue weighted by Gasteiger charge is 2.27. The molecule has 2 aromatic rings. The number of imidazole rings is 1. The van der Waals surface area contributed by atoms with Crippen molar-refractivity contribution in [3.63, 3.8) is 0 Å². The molecule has 0 spiro atoms. The first kappa shape index (κ1) is 12.1. The number of rotatable bonds is 3. The molecule has 1 aromatic carbocycles. The third-order valence-electron chi connectivity index (χ3n) is 2.13. The minimum absolute atomic E-state index is 0.0807. The molecule has 0 aliphatic heterocycles. The Labute approximate surface area is 98.0 Å². The van der Waals surface area contributed by atoms with Crippen LogP contribution >= 0.6 is 0 Å². The molecule has 0 unspecified atom stereocenters. The first-order chi connectivity index (χ1) is 8.35. The highest BCUT2D eigenvalue weighted by molar-refractivity contribution is 5.79. The van der Waals surface area contributed by atoms with Crippen LogP contribution in [0.15, 0.2) is 18.2 Å². The van der Waals surface area contributed by atoms with E-state index in [0.29, 0.717) is 11.0 Å². The Morgan fingerprint density at radius 2 is 2.17 bits per heavy atom. The van der Waals surface area contributed by atoms with Crippen LogP contribution in [0.4, 0.5) is 24.8 Å². The molecule has 2 rings (SSSR count). The van der Waals surface area contributed by atoms with Gasteiger partial charge in [-0.1, -0.05) is 0 Å². The number of nitrogens with zero attached hydrogens (tertiary/aromatic N) is 2. The molecule has 0 saturated carbocycles. The Hall–Kier alpha value is -2.32. The molecule has 2 N–H and O–H groups in total. The smallest absolute Gasteiger partial charge is 0.347 e. The summed E-state index contributed by atoms with van der Waals surface area (Å²) >= 11 is 0. The normalized spacial score (nSPS) is 11.7. The van der Waals surface area contributed by atoms with Crippen molar-refractivity contribution in [1.82, 2.24) is 9.97 Å². The fourth-order valence-corrected chi connectivity index (χ4v) is 1.38. The predicted octanol–water partition coefficient (Wildman–Crippen LogP) is 2.45. The molecule has 0 amide bonds. The first-order valence-electron chi connectivity index (χ1n) is 4.80. The number of anilines is 1. The fraction of sp³-hybridized carbons (Fsp3) is 0.222. The molecule has 1 aromatic heterocycles. The first-order valence-corrected chi connectivity index (χ1v) is 4.80. The van der Waals surface area contributed by atoms with Crippen molar-refractivity contribution in [2.45, 2.75) is 6.18 Å². The summed E-state index contributed by atoms with van der Waals surface area (Å²) in [6.45, 7) is -1.23. The molecule has 0 fully saturated rings. The number of nitro groups is 1. The molecule has 0 aliphatic rings. The summed E-state index contributed by atoms with van der Waals surface area (Å²) in [7, 11) is 0. The Bertz CT molecular complexity index is 593. The highest BCUT2D eigenvalue weighted by atomic mass is 19.4. The molecule has 0 radical (unpaired) electrons. The van der Waals surface area contributed by atoms with Crippen molar-refractivity contribution in [3.05, 3.63) is 28.3 Å². The van der Waals surface area contributed by atoms with E-state index in [0.717, 1.165) is 0 Å². The molecule has 18 heavy (non-hydrogen) atoms. The Morgan fingerprint density at radius 1 is 1.44 bits per heavy atom. The van der Waals surface area contributed by atoms with Crippen molar-refractivity contribution in [1.29, 1.82) is 0 Å². The number of H-pyrrole nitrogens is 1. The van der Waals surface area contributed by atoms with Crippen LogP contribution in [0.25, 0.3) is 11.0 Å². The third-order valence-corrected chi connectivity index (χ3v) is 2.13. The molecule has 0 bridgehead atoms. The van der Waals surface area contributed by atoms with Crippen molar-refractivity contribution < 1.29 is 18.1 Å². The van der Waals surface area contributed by atoms with Crippen molar-refractivity contribution in [2.24, 2.45) is 0 Å². The number of fused-ring (bicyclic) bond motifs is 1. The molecular weight excluding hydrogens is 253 g/mol. The SMILES string of the molecule is O=[N+]([O-])c1ccc2nc(NCC(F)(F)F)[nH]c2c1. The van der Waals surface area contributed by atoms with Gasteiger partial charge in [-0.3, -0.25) is 10.1 Å². The molecular formula is C9H7F3N4O2. The van der Waals surface area contributed by atoms with Crippen LogP contribution in [0.5, 0.6) is 0 Å². The number of hydrogen-bond donors (Lipinski definition) is 2. The quantitative estimate of drug-likeness (QED) is 0.655. The van der Waals surface area contributed by atoms with E-state index >= 15 is 0 Å². The third kappa shape index (κ3) is 2.67. The van der Waals surface area contributed by atoms with Gasteiger partial charge in [-0.15, -0.1) is 0 Å². The van der Waals surface area contributed by atoms with Gasteiger partial charge >= 0.3 is 6.18 Å². The topological polar surface area (TPSA) is 83.8 Å². The number of nitrogens with one attached hydrogen (secondary N) is 2. The Kier molecular flexibility index (Phi) is 2.81. The summed E-state index contributed by atoms with van der Waals surface area (Å²) in [6, 6.07) is 3.81. The lowest BCUT2D eigenvalue weighted by molar-refractivity contribution is -0.384. The van der Waals surface area contributed by atoms with Gasteiger partial charge in [-0.2, -0.15) is 13.2 Å². The number of alkyl halides is 3. The highest BCUT2D eigenvalue weighted by Crippen LogP contribution is 2.21. The fourth-order valence-electron chi connectivity index (χ4n) is 1.38. The maximum Gasteiger partial charge on any atom is 0.405 e. The zero-order valence-electron chi connectivity index (χ0n) is 8.78. The second kappa shape index (κ2) is 4.17.